The molecule has 5 heteroatoms. The Hall–Kier alpha value is -2.63. The normalized spacial score (nSPS) is 12.2. The largest absolute Gasteiger partial charge is 0.464 e. The molecule has 144 valence electrons. The maximum Gasteiger partial charge on any atom is 0.332 e. The van der Waals surface area contributed by atoms with Gasteiger partial charge in [0.2, 0.25) is 0 Å². The molecule has 0 aromatic heterocycles. The highest BCUT2D eigenvalue weighted by Crippen LogP contribution is 2.35. The Labute approximate surface area is 173 Å². The van der Waals surface area contributed by atoms with Crippen molar-refractivity contribution in [2.24, 2.45) is 0 Å². The molecule has 2 N–H and O–H groups in total. The van der Waals surface area contributed by atoms with Gasteiger partial charge in [-0.15, -0.1) is 0 Å². The maximum atomic E-state index is 13.0. The van der Waals surface area contributed by atoms with Crippen molar-refractivity contribution in [3.8, 4) is 0 Å². The van der Waals surface area contributed by atoms with Crippen LogP contribution in [0.15, 0.2) is 89.4 Å². The number of carbonyl (C=O) groups excluding carboxylic acids is 1. The Morgan fingerprint density at radius 2 is 1.46 bits per heavy atom. The van der Waals surface area contributed by atoms with Gasteiger partial charge in [-0.2, -0.15) is 0 Å². The first-order valence-electron chi connectivity index (χ1n) is 9.08. The van der Waals surface area contributed by atoms with Gasteiger partial charge in [-0.05, 0) is 42.3 Å². The smallest absolute Gasteiger partial charge is 0.332 e. The molecule has 0 fully saturated rings. The van der Waals surface area contributed by atoms with Crippen LogP contribution in [0.4, 0.5) is 5.69 Å². The van der Waals surface area contributed by atoms with Crippen LogP contribution in [-0.2, 0) is 15.1 Å². The van der Waals surface area contributed by atoms with E-state index in [0.717, 1.165) is 4.47 Å². The van der Waals surface area contributed by atoms with E-state index in [9.17, 15) is 9.90 Å². The number of halogens is 1. The fraction of sp³-hybridized carbons (Fsp3) is 0.174. The Bertz CT molecular complexity index is 859. The zero-order valence-electron chi connectivity index (χ0n) is 15.5. The summed E-state index contributed by atoms with van der Waals surface area (Å²) in [6, 6.07) is 24.7. The molecule has 0 aliphatic heterocycles. The summed E-state index contributed by atoms with van der Waals surface area (Å²) in [5.74, 6) is -0.527. The van der Waals surface area contributed by atoms with Gasteiger partial charge in [0.05, 0.1) is 6.61 Å². The van der Waals surface area contributed by atoms with Crippen molar-refractivity contribution in [2.75, 3.05) is 11.9 Å². The van der Waals surface area contributed by atoms with Crippen molar-refractivity contribution >= 4 is 27.6 Å². The lowest BCUT2D eigenvalue weighted by Crippen LogP contribution is -2.51. The first-order valence-corrected chi connectivity index (χ1v) is 9.87. The van der Waals surface area contributed by atoms with Crippen LogP contribution in [0.2, 0.25) is 0 Å². The fourth-order valence-corrected chi connectivity index (χ4v) is 3.42. The average molecular weight is 440 g/mol. The van der Waals surface area contributed by atoms with Crippen LogP contribution in [0.25, 0.3) is 0 Å². The van der Waals surface area contributed by atoms with Crippen LogP contribution in [0, 0.1) is 0 Å². The van der Waals surface area contributed by atoms with Gasteiger partial charge in [-0.1, -0.05) is 76.6 Å². The lowest BCUT2D eigenvalue weighted by Gasteiger charge is -2.36. The number of anilines is 1. The molecule has 0 amide bonds. The second kappa shape index (κ2) is 9.04. The molecule has 3 aromatic carbocycles. The predicted molar refractivity (Wildman–Crippen MR) is 114 cm³/mol. The maximum absolute atomic E-state index is 13.0. The highest BCUT2D eigenvalue weighted by Gasteiger charge is 2.45. The summed E-state index contributed by atoms with van der Waals surface area (Å²) in [5.41, 5.74) is 0.279. The molecular formula is C23H22BrNO3. The van der Waals surface area contributed by atoms with Crippen LogP contribution >= 0.6 is 15.9 Å². The first kappa shape index (κ1) is 20.1. The van der Waals surface area contributed by atoms with Crippen LogP contribution in [0.5, 0.6) is 0 Å². The van der Waals surface area contributed by atoms with Crippen molar-refractivity contribution in [1.82, 2.24) is 0 Å². The van der Waals surface area contributed by atoms with E-state index in [4.69, 9.17) is 4.74 Å². The molecule has 0 saturated heterocycles. The van der Waals surface area contributed by atoms with Gasteiger partial charge in [-0.25, -0.2) is 4.79 Å². The van der Waals surface area contributed by atoms with Crippen molar-refractivity contribution in [3.05, 3.63) is 101 Å². The minimum Gasteiger partial charge on any atom is -0.464 e. The summed E-state index contributed by atoms with van der Waals surface area (Å²) in [4.78, 5) is 13.0. The number of carbonyl (C=O) groups is 1. The van der Waals surface area contributed by atoms with E-state index < -0.39 is 17.6 Å². The molecule has 1 atom stereocenters. The molecule has 0 aliphatic carbocycles. The Kier molecular flexibility index (Phi) is 6.49. The second-order valence-corrected chi connectivity index (χ2v) is 7.25. The zero-order chi connectivity index (χ0) is 20.0. The number of hydrogen-bond acceptors (Lipinski definition) is 4. The Morgan fingerprint density at radius 3 is 1.93 bits per heavy atom. The monoisotopic (exact) mass is 439 g/mol. The molecule has 0 saturated carbocycles. The second-order valence-electron chi connectivity index (χ2n) is 6.33. The number of benzene rings is 3. The molecule has 0 radical (unpaired) electrons. The standard InChI is InChI=1S/C23H22BrNO3/c1-2-28-22(26)21(25-20-15-13-19(24)14-16-20)23(27,17-9-5-3-6-10-17)18-11-7-4-8-12-18/h3-16,21,25,27H,2H2,1H3. The zero-order valence-corrected chi connectivity index (χ0v) is 17.1. The SMILES string of the molecule is CCOC(=O)C(Nc1ccc(Br)cc1)C(O)(c1ccccc1)c1ccccc1. The molecule has 0 spiro atoms. The molecule has 1 unspecified atom stereocenters. The van der Waals surface area contributed by atoms with Gasteiger partial charge in [0.25, 0.3) is 0 Å². The van der Waals surface area contributed by atoms with Gasteiger partial charge in [0, 0.05) is 10.2 Å². The molecule has 4 nitrogen and oxygen atoms in total. The summed E-state index contributed by atoms with van der Waals surface area (Å²) in [7, 11) is 0. The number of hydrogen-bond donors (Lipinski definition) is 2. The number of ether oxygens (including phenoxy) is 1. The number of esters is 1. The number of aliphatic hydroxyl groups is 1. The van der Waals surface area contributed by atoms with Gasteiger partial charge in [0.1, 0.15) is 5.60 Å². The molecule has 3 rings (SSSR count). The minimum atomic E-state index is -1.62. The molecule has 0 aliphatic rings. The van der Waals surface area contributed by atoms with Crippen LogP contribution in [0.3, 0.4) is 0 Å². The van der Waals surface area contributed by atoms with Crippen LogP contribution in [-0.4, -0.2) is 23.7 Å². The van der Waals surface area contributed by atoms with Crippen molar-refractivity contribution in [2.45, 2.75) is 18.6 Å². The topological polar surface area (TPSA) is 58.6 Å². The van der Waals surface area contributed by atoms with E-state index in [1.54, 1.807) is 6.92 Å². The number of rotatable bonds is 7. The third-order valence-electron chi connectivity index (χ3n) is 4.52. The van der Waals surface area contributed by atoms with E-state index in [2.05, 4.69) is 21.2 Å². The van der Waals surface area contributed by atoms with Crippen LogP contribution < -0.4 is 5.32 Å². The van der Waals surface area contributed by atoms with Gasteiger partial charge < -0.3 is 15.2 Å². The van der Waals surface area contributed by atoms with E-state index in [1.807, 2.05) is 84.9 Å². The minimum absolute atomic E-state index is 0.219. The third kappa shape index (κ3) is 4.26. The average Bonchev–Trinajstić information content (AvgIpc) is 2.74. The van der Waals surface area contributed by atoms with Gasteiger partial charge in [-0.3, -0.25) is 0 Å². The predicted octanol–water partition coefficient (Wildman–Crippen LogP) is 4.73. The van der Waals surface area contributed by atoms with Gasteiger partial charge in [0.15, 0.2) is 6.04 Å². The Morgan fingerprint density at radius 1 is 0.964 bits per heavy atom. The highest BCUT2D eigenvalue weighted by atomic mass is 79.9. The summed E-state index contributed by atoms with van der Waals surface area (Å²) < 4.78 is 6.24. The molecular weight excluding hydrogens is 418 g/mol. The van der Waals surface area contributed by atoms with Crippen molar-refractivity contribution in [1.29, 1.82) is 0 Å². The van der Waals surface area contributed by atoms with Crippen molar-refractivity contribution < 1.29 is 14.6 Å². The van der Waals surface area contributed by atoms with E-state index in [-0.39, 0.29) is 6.61 Å². The lowest BCUT2D eigenvalue weighted by molar-refractivity contribution is -0.149. The highest BCUT2D eigenvalue weighted by molar-refractivity contribution is 9.10. The van der Waals surface area contributed by atoms with E-state index in [0.29, 0.717) is 16.8 Å². The summed E-state index contributed by atoms with van der Waals surface area (Å²) in [6.45, 7) is 1.97. The van der Waals surface area contributed by atoms with E-state index >= 15 is 0 Å². The van der Waals surface area contributed by atoms with Crippen molar-refractivity contribution in [3.63, 3.8) is 0 Å². The third-order valence-corrected chi connectivity index (χ3v) is 5.05. The molecule has 28 heavy (non-hydrogen) atoms. The quantitative estimate of drug-likeness (QED) is 0.522. The fourth-order valence-electron chi connectivity index (χ4n) is 3.16. The van der Waals surface area contributed by atoms with Gasteiger partial charge >= 0.3 is 5.97 Å². The first-order chi connectivity index (χ1) is 13.6. The molecule has 3 aromatic rings. The molecule has 0 heterocycles. The molecule has 0 bridgehead atoms. The Balaban J connectivity index is 2.13. The summed E-state index contributed by atoms with van der Waals surface area (Å²) in [5, 5.41) is 15.1. The van der Waals surface area contributed by atoms with Crippen LogP contribution in [0.1, 0.15) is 18.1 Å². The lowest BCUT2D eigenvalue weighted by atomic mass is 9.80. The van der Waals surface area contributed by atoms with E-state index in [1.165, 1.54) is 0 Å². The summed E-state index contributed by atoms with van der Waals surface area (Å²) in [6.07, 6.45) is 0. The summed E-state index contributed by atoms with van der Waals surface area (Å²) >= 11 is 3.41. The number of nitrogens with one attached hydrogen (secondary N) is 1.